The van der Waals surface area contributed by atoms with Gasteiger partial charge in [0, 0.05) is 31.0 Å². The Morgan fingerprint density at radius 2 is 1.66 bits per heavy atom. The molecule has 1 amide bonds. The van der Waals surface area contributed by atoms with Gasteiger partial charge in [-0.2, -0.15) is 0 Å². The van der Waals surface area contributed by atoms with Crippen molar-refractivity contribution in [2.75, 3.05) is 19.8 Å². The third-order valence-electron chi connectivity index (χ3n) is 7.98. The molecule has 0 aromatic heterocycles. The molecule has 0 radical (unpaired) electrons. The predicted octanol–water partition coefficient (Wildman–Crippen LogP) is 5.69. The molecule has 1 aliphatic carbocycles. The summed E-state index contributed by atoms with van der Waals surface area (Å²) in [6.07, 6.45) is 1.05. The number of alkyl carbamates (subject to hydrolysis) is 1. The van der Waals surface area contributed by atoms with Crippen LogP contribution in [0.4, 0.5) is 13.6 Å². The molecular formula is C32H44F2N2O5. The smallest absolute Gasteiger partial charge is 0.407 e. The maximum Gasteiger partial charge on any atom is 0.407 e. The fourth-order valence-electron chi connectivity index (χ4n) is 5.77. The van der Waals surface area contributed by atoms with Gasteiger partial charge in [0.15, 0.2) is 5.79 Å². The van der Waals surface area contributed by atoms with Crippen LogP contribution in [0.15, 0.2) is 42.5 Å². The Kier molecular flexibility index (Phi) is 9.74. The van der Waals surface area contributed by atoms with Gasteiger partial charge < -0.3 is 30.0 Å². The van der Waals surface area contributed by atoms with Crippen LogP contribution in [0, 0.1) is 11.6 Å². The van der Waals surface area contributed by atoms with E-state index in [0.29, 0.717) is 37.5 Å². The molecule has 1 heterocycles. The zero-order valence-corrected chi connectivity index (χ0v) is 24.8. The average molecular weight is 575 g/mol. The lowest BCUT2D eigenvalue weighted by Crippen LogP contribution is -2.55. The summed E-state index contributed by atoms with van der Waals surface area (Å²) in [7, 11) is 0. The number of aliphatic hydroxyl groups excluding tert-OH is 1. The van der Waals surface area contributed by atoms with E-state index in [1.54, 1.807) is 20.8 Å². The summed E-state index contributed by atoms with van der Waals surface area (Å²) in [5.41, 5.74) is 1.44. The van der Waals surface area contributed by atoms with Gasteiger partial charge in [-0.3, -0.25) is 0 Å². The van der Waals surface area contributed by atoms with Crippen molar-refractivity contribution in [3.05, 3.63) is 70.8 Å². The fourth-order valence-corrected chi connectivity index (χ4v) is 5.77. The highest BCUT2D eigenvalue weighted by Crippen LogP contribution is 2.45. The van der Waals surface area contributed by atoms with Crippen LogP contribution in [-0.2, 0) is 26.2 Å². The molecular weight excluding hydrogens is 530 g/mol. The first kappa shape index (κ1) is 31.3. The number of carbonyl (C=O) groups is 1. The molecule has 2 atom stereocenters. The summed E-state index contributed by atoms with van der Waals surface area (Å²) >= 11 is 0. The van der Waals surface area contributed by atoms with Crippen LogP contribution >= 0.6 is 0 Å². The van der Waals surface area contributed by atoms with Crippen LogP contribution in [0.2, 0.25) is 0 Å². The van der Waals surface area contributed by atoms with E-state index in [1.807, 2.05) is 0 Å². The molecule has 1 saturated carbocycles. The van der Waals surface area contributed by atoms with Crippen molar-refractivity contribution in [2.24, 2.45) is 0 Å². The largest absolute Gasteiger partial charge is 0.444 e. The Morgan fingerprint density at radius 1 is 1.02 bits per heavy atom. The molecule has 2 aromatic carbocycles. The van der Waals surface area contributed by atoms with Gasteiger partial charge in [0.1, 0.15) is 17.2 Å². The summed E-state index contributed by atoms with van der Waals surface area (Å²) in [6, 6.07) is 10.8. The molecule has 2 fully saturated rings. The van der Waals surface area contributed by atoms with E-state index in [0.717, 1.165) is 24.5 Å². The Morgan fingerprint density at radius 3 is 2.24 bits per heavy atom. The third-order valence-corrected chi connectivity index (χ3v) is 7.98. The lowest BCUT2D eigenvalue weighted by atomic mass is 9.73. The zero-order valence-electron chi connectivity index (χ0n) is 24.8. The lowest BCUT2D eigenvalue weighted by molar-refractivity contribution is -0.187. The number of hydrogen-bond acceptors (Lipinski definition) is 6. The monoisotopic (exact) mass is 574 g/mol. The van der Waals surface area contributed by atoms with Gasteiger partial charge in [0.2, 0.25) is 0 Å². The van der Waals surface area contributed by atoms with E-state index >= 15 is 0 Å². The minimum atomic E-state index is -1.09. The molecule has 4 rings (SSSR count). The second kappa shape index (κ2) is 12.7. The Labute approximate surface area is 242 Å². The molecule has 0 bridgehead atoms. The average Bonchev–Trinajstić information content (AvgIpc) is 3.34. The van der Waals surface area contributed by atoms with Gasteiger partial charge in [-0.25, -0.2) is 13.6 Å². The second-order valence-electron chi connectivity index (χ2n) is 12.7. The van der Waals surface area contributed by atoms with Crippen molar-refractivity contribution >= 4 is 6.09 Å². The van der Waals surface area contributed by atoms with E-state index in [2.05, 4.69) is 48.7 Å². The van der Waals surface area contributed by atoms with E-state index in [1.165, 1.54) is 17.7 Å². The highest BCUT2D eigenvalue weighted by molar-refractivity contribution is 5.68. The summed E-state index contributed by atoms with van der Waals surface area (Å²) in [5.74, 6) is -1.66. The van der Waals surface area contributed by atoms with Crippen LogP contribution in [-0.4, -0.2) is 54.5 Å². The first-order chi connectivity index (χ1) is 19.3. The van der Waals surface area contributed by atoms with Crippen molar-refractivity contribution in [1.29, 1.82) is 0 Å². The highest BCUT2D eigenvalue weighted by atomic mass is 19.1. The molecule has 2 aromatic rings. The van der Waals surface area contributed by atoms with E-state index in [4.69, 9.17) is 14.2 Å². The lowest BCUT2D eigenvalue weighted by Gasteiger charge is -2.45. The van der Waals surface area contributed by atoms with E-state index in [-0.39, 0.29) is 13.0 Å². The third kappa shape index (κ3) is 8.25. The van der Waals surface area contributed by atoms with Crippen molar-refractivity contribution in [3.8, 4) is 0 Å². The molecule has 1 spiro atoms. The minimum absolute atomic E-state index is 0.0113. The Balaban J connectivity index is 1.56. The standard InChI is InChI=1S/C32H44F2N2O5/c1-21(2)23-7-6-8-24(18-23)31(9-11-32(12-10-31)39-13-14-40-32)35-20-28(37)27(36-29(38)41-30(3,4)5)17-22-15-25(33)19-26(34)16-22/h6-8,15-16,18-19,21,27-28,35,37H,9-14,17,20H2,1-5H3,(H,36,38)/t27-,28+/m0/s1. The predicted molar refractivity (Wildman–Crippen MR) is 153 cm³/mol. The van der Waals surface area contributed by atoms with Gasteiger partial charge in [-0.1, -0.05) is 38.1 Å². The van der Waals surface area contributed by atoms with E-state index < -0.39 is 46.8 Å². The number of carbonyl (C=O) groups excluding carboxylic acids is 1. The number of benzene rings is 2. The minimum Gasteiger partial charge on any atom is -0.444 e. The maximum absolute atomic E-state index is 14.0. The summed E-state index contributed by atoms with van der Waals surface area (Å²) in [5, 5.41) is 17.8. The van der Waals surface area contributed by atoms with Crippen LogP contribution in [0.3, 0.4) is 0 Å². The normalized spacial score (nSPS) is 19.7. The molecule has 9 heteroatoms. The number of aliphatic hydroxyl groups is 1. The number of hydrogen-bond donors (Lipinski definition) is 3. The van der Waals surface area contributed by atoms with Crippen LogP contribution in [0.1, 0.15) is 82.9 Å². The van der Waals surface area contributed by atoms with Crippen LogP contribution in [0.25, 0.3) is 0 Å². The van der Waals surface area contributed by atoms with Gasteiger partial charge in [0.25, 0.3) is 0 Å². The fraction of sp³-hybridized carbons (Fsp3) is 0.594. The SMILES string of the molecule is CC(C)c1cccc(C2(NC[C@@H](O)[C@H](Cc3cc(F)cc(F)c3)NC(=O)OC(C)(C)C)CCC3(CC2)OCCO3)c1. The number of rotatable bonds is 9. The van der Waals surface area contributed by atoms with Gasteiger partial charge in [-0.05, 0) is 74.8 Å². The van der Waals surface area contributed by atoms with Gasteiger partial charge in [0.05, 0.1) is 25.4 Å². The van der Waals surface area contributed by atoms with Gasteiger partial charge in [-0.15, -0.1) is 0 Å². The van der Waals surface area contributed by atoms with Crippen LogP contribution in [0.5, 0.6) is 0 Å². The Hall–Kier alpha value is -2.59. The highest BCUT2D eigenvalue weighted by Gasteiger charge is 2.47. The van der Waals surface area contributed by atoms with Gasteiger partial charge >= 0.3 is 6.09 Å². The maximum atomic E-state index is 14.0. The molecule has 7 nitrogen and oxygen atoms in total. The molecule has 41 heavy (non-hydrogen) atoms. The molecule has 1 aliphatic heterocycles. The first-order valence-electron chi connectivity index (χ1n) is 14.5. The number of ether oxygens (including phenoxy) is 3. The van der Waals surface area contributed by atoms with Crippen molar-refractivity contribution in [1.82, 2.24) is 10.6 Å². The topological polar surface area (TPSA) is 89.1 Å². The van der Waals surface area contributed by atoms with E-state index in [9.17, 15) is 18.7 Å². The molecule has 2 aliphatic rings. The molecule has 3 N–H and O–H groups in total. The molecule has 1 saturated heterocycles. The number of amides is 1. The second-order valence-corrected chi connectivity index (χ2v) is 12.7. The Bertz CT molecular complexity index is 1160. The summed E-state index contributed by atoms with van der Waals surface area (Å²) < 4.78 is 45.3. The van der Waals surface area contributed by atoms with Crippen LogP contribution < -0.4 is 10.6 Å². The quantitative estimate of drug-likeness (QED) is 0.357. The van der Waals surface area contributed by atoms with Crippen molar-refractivity contribution < 1.29 is 32.9 Å². The molecule has 226 valence electrons. The number of halogens is 2. The van der Waals surface area contributed by atoms with Crippen molar-refractivity contribution in [3.63, 3.8) is 0 Å². The van der Waals surface area contributed by atoms with Crippen molar-refractivity contribution in [2.45, 2.75) is 102 Å². The number of nitrogens with one attached hydrogen (secondary N) is 2. The summed E-state index contributed by atoms with van der Waals surface area (Å²) in [6.45, 7) is 10.8. The zero-order chi connectivity index (χ0) is 29.8. The molecule has 0 unspecified atom stereocenters. The summed E-state index contributed by atoms with van der Waals surface area (Å²) in [4.78, 5) is 12.7. The first-order valence-corrected chi connectivity index (χ1v) is 14.5.